The van der Waals surface area contributed by atoms with Crippen LogP contribution in [0, 0.1) is 38.9 Å². The van der Waals surface area contributed by atoms with Crippen molar-refractivity contribution in [2.24, 2.45) is 38.9 Å². The van der Waals surface area contributed by atoms with Crippen molar-refractivity contribution in [2.75, 3.05) is 14.2 Å². The van der Waals surface area contributed by atoms with E-state index in [1.54, 1.807) is 6.92 Å². The first-order chi connectivity index (χ1) is 15.7. The number of aliphatic hydroxyl groups is 1. The number of fused-ring (bicyclic) bond motifs is 3. The van der Waals surface area contributed by atoms with Crippen LogP contribution in [0.3, 0.4) is 0 Å². The van der Waals surface area contributed by atoms with E-state index in [1.807, 2.05) is 34.6 Å². The van der Waals surface area contributed by atoms with Crippen molar-refractivity contribution in [3.8, 4) is 0 Å². The van der Waals surface area contributed by atoms with Gasteiger partial charge in [-0.2, -0.15) is 0 Å². The maximum Gasteiger partial charge on any atom is 0.321 e. The van der Waals surface area contributed by atoms with Crippen molar-refractivity contribution >= 4 is 17.7 Å². The zero-order chi connectivity index (χ0) is 25.2. The summed E-state index contributed by atoms with van der Waals surface area (Å²) in [5.74, 6) is -1.33. The highest BCUT2D eigenvalue weighted by atomic mass is 16.6. The minimum absolute atomic E-state index is 0.218. The average Bonchev–Trinajstić information content (AvgIpc) is 3.12. The molecule has 1 unspecified atom stereocenters. The predicted octanol–water partition coefficient (Wildman–Crippen LogP) is 3.35. The summed E-state index contributed by atoms with van der Waals surface area (Å²) in [5, 5.41) is 10.9. The zero-order valence-electron chi connectivity index (χ0n) is 21.4. The van der Waals surface area contributed by atoms with E-state index in [0.29, 0.717) is 30.6 Å². The highest BCUT2D eigenvalue weighted by Gasteiger charge is 2.84. The molecule has 34 heavy (non-hydrogen) atoms. The quantitative estimate of drug-likeness (QED) is 0.374. The van der Waals surface area contributed by atoms with Gasteiger partial charge in [-0.25, -0.2) is 0 Å². The molecule has 5 aliphatic rings. The van der Waals surface area contributed by atoms with Gasteiger partial charge in [0.25, 0.3) is 0 Å². The molecule has 0 amide bonds. The summed E-state index contributed by atoms with van der Waals surface area (Å²) in [6, 6.07) is 0. The summed E-state index contributed by atoms with van der Waals surface area (Å²) in [6.45, 7) is 11.5. The van der Waals surface area contributed by atoms with Crippen LogP contribution in [0.5, 0.6) is 0 Å². The largest absolute Gasteiger partial charge is 0.500 e. The topological polar surface area (TPSA) is 99.1 Å². The second-order valence-corrected chi connectivity index (χ2v) is 12.1. The van der Waals surface area contributed by atoms with E-state index in [1.165, 1.54) is 14.2 Å². The predicted molar refractivity (Wildman–Crippen MR) is 122 cm³/mol. The number of methoxy groups -OCH3 is 2. The summed E-state index contributed by atoms with van der Waals surface area (Å²) in [6.07, 6.45) is 2.29. The third-order valence-electron chi connectivity index (χ3n) is 10.9. The molecule has 3 fully saturated rings. The Labute approximate surface area is 200 Å². The summed E-state index contributed by atoms with van der Waals surface area (Å²) in [7, 11) is 2.85. The second kappa shape index (κ2) is 6.54. The molecule has 1 heterocycles. The Bertz CT molecular complexity index is 1080. The smallest absolute Gasteiger partial charge is 0.321 e. The Kier molecular flexibility index (Phi) is 4.53. The molecule has 7 heteroatoms. The number of aliphatic hydroxyl groups excluding tert-OH is 1. The fraction of sp³-hybridized carbons (Fsp3) is 0.741. The van der Waals surface area contributed by atoms with E-state index >= 15 is 0 Å². The Balaban J connectivity index is 1.86. The van der Waals surface area contributed by atoms with Gasteiger partial charge < -0.3 is 19.3 Å². The van der Waals surface area contributed by atoms with Crippen LogP contribution in [-0.4, -0.2) is 49.3 Å². The van der Waals surface area contributed by atoms with Gasteiger partial charge in [0.15, 0.2) is 11.2 Å². The third-order valence-corrected chi connectivity index (χ3v) is 10.9. The number of rotatable bonds is 2. The van der Waals surface area contributed by atoms with E-state index in [4.69, 9.17) is 14.2 Å². The lowest BCUT2D eigenvalue weighted by Gasteiger charge is -2.66. The highest BCUT2D eigenvalue weighted by Crippen LogP contribution is 2.79. The molecule has 0 aromatic rings. The van der Waals surface area contributed by atoms with Crippen LogP contribution in [0.25, 0.3) is 0 Å². The van der Waals surface area contributed by atoms with Crippen molar-refractivity contribution in [1.29, 1.82) is 0 Å². The molecular formula is C27H36O7. The highest BCUT2D eigenvalue weighted by molar-refractivity contribution is 6.17. The Morgan fingerprint density at radius 1 is 1.15 bits per heavy atom. The monoisotopic (exact) mass is 472 g/mol. The van der Waals surface area contributed by atoms with Gasteiger partial charge in [-0.15, -0.1) is 0 Å². The number of hydrogen-bond acceptors (Lipinski definition) is 7. The molecular weight excluding hydrogens is 436 g/mol. The van der Waals surface area contributed by atoms with Gasteiger partial charge in [0.1, 0.15) is 11.9 Å². The molecule has 2 bridgehead atoms. The van der Waals surface area contributed by atoms with Gasteiger partial charge >= 0.3 is 11.9 Å². The second-order valence-electron chi connectivity index (χ2n) is 12.1. The van der Waals surface area contributed by atoms with Crippen molar-refractivity contribution in [1.82, 2.24) is 0 Å². The maximum absolute atomic E-state index is 14.3. The van der Waals surface area contributed by atoms with Gasteiger partial charge in [-0.1, -0.05) is 32.4 Å². The van der Waals surface area contributed by atoms with Crippen LogP contribution in [0.15, 0.2) is 23.0 Å². The summed E-state index contributed by atoms with van der Waals surface area (Å²) < 4.78 is 17.3. The summed E-state index contributed by atoms with van der Waals surface area (Å²) in [4.78, 5) is 41.9. The number of esters is 2. The maximum atomic E-state index is 14.3. The third kappa shape index (κ3) is 2.02. The lowest BCUT2D eigenvalue weighted by molar-refractivity contribution is -0.212. The van der Waals surface area contributed by atoms with Crippen LogP contribution >= 0.6 is 0 Å². The van der Waals surface area contributed by atoms with Gasteiger partial charge in [-0.3, -0.25) is 14.4 Å². The molecule has 1 saturated heterocycles. The van der Waals surface area contributed by atoms with Crippen LogP contribution in [0.1, 0.15) is 60.8 Å². The Morgan fingerprint density at radius 3 is 2.38 bits per heavy atom. The van der Waals surface area contributed by atoms with Gasteiger partial charge in [0.2, 0.25) is 0 Å². The number of allylic oxidation sites excluding steroid dienone is 3. The van der Waals surface area contributed by atoms with Crippen molar-refractivity contribution in [3.63, 3.8) is 0 Å². The fourth-order valence-corrected chi connectivity index (χ4v) is 9.52. The van der Waals surface area contributed by atoms with Crippen LogP contribution in [0.2, 0.25) is 0 Å². The molecule has 4 aliphatic carbocycles. The van der Waals surface area contributed by atoms with E-state index in [-0.39, 0.29) is 17.7 Å². The Morgan fingerprint density at radius 2 is 1.79 bits per heavy atom. The van der Waals surface area contributed by atoms with Crippen molar-refractivity contribution in [3.05, 3.63) is 23.0 Å². The number of hydrogen-bond donors (Lipinski definition) is 1. The number of carbonyl (C=O) groups excluding carboxylic acids is 3. The lowest BCUT2D eigenvalue weighted by Crippen LogP contribution is -2.71. The van der Waals surface area contributed by atoms with E-state index in [9.17, 15) is 19.5 Å². The fourth-order valence-electron chi connectivity index (χ4n) is 9.52. The zero-order valence-corrected chi connectivity index (χ0v) is 21.4. The molecule has 7 nitrogen and oxygen atoms in total. The average molecular weight is 473 g/mol. The van der Waals surface area contributed by atoms with Gasteiger partial charge in [0.05, 0.1) is 31.2 Å². The van der Waals surface area contributed by atoms with E-state index in [2.05, 4.69) is 6.08 Å². The molecule has 0 radical (unpaired) electrons. The molecule has 186 valence electrons. The van der Waals surface area contributed by atoms with Crippen LogP contribution in [0.4, 0.5) is 0 Å². The minimum Gasteiger partial charge on any atom is -0.500 e. The molecule has 0 spiro atoms. The summed E-state index contributed by atoms with van der Waals surface area (Å²) >= 11 is 0. The first-order valence-corrected chi connectivity index (χ1v) is 12.2. The van der Waals surface area contributed by atoms with Crippen molar-refractivity contribution < 1.29 is 33.7 Å². The molecule has 2 saturated carbocycles. The van der Waals surface area contributed by atoms with Gasteiger partial charge in [-0.05, 0) is 45.4 Å². The number of ketones is 1. The molecule has 8 atom stereocenters. The van der Waals surface area contributed by atoms with Crippen molar-refractivity contribution in [2.45, 2.75) is 73.0 Å². The van der Waals surface area contributed by atoms with Crippen LogP contribution in [-0.2, 0) is 28.6 Å². The molecule has 0 aromatic carbocycles. The summed E-state index contributed by atoms with van der Waals surface area (Å²) in [5.41, 5.74) is -3.83. The SMILES string of the molecule is COC(=O)[C@@]12C(=O)C(C)=C(OC)[C@]1(C)C(C)=CC1[C@]2(C)C[C@@H]2OC(=O)[C@]13CC[C@H](O)C(C)(C)[C@@H]23. The standard InChI is InChI=1S/C27H36O7/c1-13-11-16-24(5,27(22(31)33-8)19(29)14(2)20(32-7)25(13,27)6)12-15-18-23(3,4)17(28)9-10-26(16,18)21(30)34-15/h11,15-18,28H,9-10,12H2,1-8H3/t15-,16?,17-,18+,24-,25-,26+,27+/m0/s1. The molecule has 0 aromatic heterocycles. The molecule has 5 rings (SSSR count). The van der Waals surface area contributed by atoms with Gasteiger partial charge in [0, 0.05) is 22.8 Å². The van der Waals surface area contributed by atoms with Crippen LogP contribution < -0.4 is 0 Å². The number of carbonyl (C=O) groups is 3. The lowest BCUT2D eigenvalue weighted by atomic mass is 9.33. The molecule has 1 N–H and O–H groups in total. The first kappa shape index (κ1) is 23.6. The Hall–Kier alpha value is -2.15. The first-order valence-electron chi connectivity index (χ1n) is 12.2. The normalized spacial score (nSPS) is 48.4. The van der Waals surface area contributed by atoms with E-state index in [0.717, 1.165) is 5.57 Å². The van der Waals surface area contributed by atoms with E-state index < -0.39 is 51.2 Å². The number of Topliss-reactive ketones (excluding diaryl/α,β-unsaturated/α-hetero) is 1. The molecule has 1 aliphatic heterocycles. The number of ether oxygens (including phenoxy) is 3. The minimum atomic E-state index is -1.59.